The van der Waals surface area contributed by atoms with Crippen LogP contribution in [-0.2, 0) is 21.5 Å². The highest BCUT2D eigenvalue weighted by Crippen LogP contribution is 2.34. The van der Waals surface area contributed by atoms with E-state index in [1.807, 2.05) is 11.0 Å². The van der Waals surface area contributed by atoms with E-state index in [1.54, 1.807) is 36.3 Å². The Hall–Kier alpha value is -3.09. The third kappa shape index (κ3) is 5.66. The Morgan fingerprint density at radius 2 is 1.72 bits per heavy atom. The molecule has 36 heavy (non-hydrogen) atoms. The second-order valence-electron chi connectivity index (χ2n) is 10.2. The number of nitrogens with zero attached hydrogens (tertiary/aromatic N) is 3. The van der Waals surface area contributed by atoms with Gasteiger partial charge in [0.1, 0.15) is 6.54 Å². The highest BCUT2D eigenvalue weighted by Gasteiger charge is 2.33. The molecule has 4 rings (SSSR count). The second-order valence-corrected chi connectivity index (χ2v) is 10.7. The highest BCUT2D eigenvalue weighted by atomic mass is 35.5. The molecule has 0 saturated heterocycles. The maximum atomic E-state index is 13.8. The molecule has 3 aromatic rings. The minimum absolute atomic E-state index is 0.0257. The van der Waals surface area contributed by atoms with Gasteiger partial charge in [0, 0.05) is 49.2 Å². The van der Waals surface area contributed by atoms with Crippen LogP contribution >= 0.6 is 11.6 Å². The topological polar surface area (TPSA) is 54.8 Å². The van der Waals surface area contributed by atoms with Crippen LogP contribution in [-0.4, -0.2) is 59.5 Å². The van der Waals surface area contributed by atoms with Crippen molar-refractivity contribution >= 4 is 23.4 Å². The summed E-state index contributed by atoms with van der Waals surface area (Å²) in [6, 6.07) is 19.1. The Balaban J connectivity index is 1.61. The molecule has 0 unspecified atom stereocenters. The summed E-state index contributed by atoms with van der Waals surface area (Å²) in [4.78, 5) is 30.5. The van der Waals surface area contributed by atoms with Crippen molar-refractivity contribution in [3.63, 3.8) is 0 Å². The van der Waals surface area contributed by atoms with Crippen molar-refractivity contribution in [2.75, 3.05) is 33.4 Å². The first kappa shape index (κ1) is 26.0. The zero-order valence-corrected chi connectivity index (χ0v) is 22.2. The van der Waals surface area contributed by atoms with Crippen molar-refractivity contribution in [1.29, 1.82) is 0 Å². The molecule has 2 heterocycles. The van der Waals surface area contributed by atoms with E-state index in [9.17, 15) is 9.59 Å². The molecular formula is C29H34ClN3O3. The smallest absolute Gasteiger partial charge is 0.254 e. The second kappa shape index (κ2) is 10.9. The van der Waals surface area contributed by atoms with Gasteiger partial charge in [-0.3, -0.25) is 9.59 Å². The largest absolute Gasteiger partial charge is 0.383 e. The normalized spacial score (nSPS) is 15.5. The third-order valence-electron chi connectivity index (χ3n) is 6.72. The number of amides is 2. The van der Waals surface area contributed by atoms with Gasteiger partial charge >= 0.3 is 0 Å². The summed E-state index contributed by atoms with van der Waals surface area (Å²) in [5.41, 5.74) is 3.92. The molecule has 1 aliphatic rings. The molecule has 1 aliphatic heterocycles. The molecule has 2 amide bonds. The molecule has 2 aromatic carbocycles. The molecule has 1 aromatic heterocycles. The van der Waals surface area contributed by atoms with E-state index in [0.717, 1.165) is 11.3 Å². The predicted octanol–water partition coefficient (Wildman–Crippen LogP) is 5.16. The molecule has 6 nitrogen and oxygen atoms in total. The van der Waals surface area contributed by atoms with E-state index in [2.05, 4.69) is 61.9 Å². The van der Waals surface area contributed by atoms with Gasteiger partial charge in [-0.25, -0.2) is 0 Å². The van der Waals surface area contributed by atoms with E-state index in [4.69, 9.17) is 16.3 Å². The van der Waals surface area contributed by atoms with E-state index in [0.29, 0.717) is 36.8 Å². The summed E-state index contributed by atoms with van der Waals surface area (Å²) in [5.74, 6) is -0.311. The number of carbonyl (C=O) groups excluding carboxylic acids is 2. The lowest BCUT2D eigenvalue weighted by Crippen LogP contribution is -2.48. The number of carbonyl (C=O) groups is 2. The Bertz CT molecular complexity index is 1200. The zero-order valence-electron chi connectivity index (χ0n) is 21.4. The molecule has 0 bridgehead atoms. The molecule has 0 N–H and O–H groups in total. The van der Waals surface area contributed by atoms with Crippen molar-refractivity contribution in [2.45, 2.75) is 38.8 Å². The first-order valence-electron chi connectivity index (χ1n) is 12.3. The number of methoxy groups -OCH3 is 1. The maximum Gasteiger partial charge on any atom is 0.254 e. The molecule has 1 atom stereocenters. The van der Waals surface area contributed by atoms with E-state index in [1.165, 1.54) is 5.56 Å². The van der Waals surface area contributed by atoms with Crippen LogP contribution in [0.4, 0.5) is 0 Å². The Morgan fingerprint density at radius 3 is 2.36 bits per heavy atom. The average Bonchev–Trinajstić information content (AvgIpc) is 3.34. The van der Waals surface area contributed by atoms with Gasteiger partial charge in [-0.15, -0.1) is 0 Å². The summed E-state index contributed by atoms with van der Waals surface area (Å²) in [5, 5.41) is 0.558. The lowest BCUT2D eigenvalue weighted by atomic mass is 9.86. The summed E-state index contributed by atoms with van der Waals surface area (Å²) in [6.45, 7) is 8.49. The zero-order chi connectivity index (χ0) is 25.9. The van der Waals surface area contributed by atoms with Gasteiger partial charge in [-0.05, 0) is 52.9 Å². The van der Waals surface area contributed by atoms with E-state index in [-0.39, 0.29) is 29.8 Å². The number of hydrogen-bond donors (Lipinski definition) is 0. The van der Waals surface area contributed by atoms with Crippen LogP contribution in [0.2, 0.25) is 5.02 Å². The van der Waals surface area contributed by atoms with Crippen LogP contribution in [0.3, 0.4) is 0 Å². The maximum absolute atomic E-state index is 13.8. The van der Waals surface area contributed by atoms with Crippen molar-refractivity contribution < 1.29 is 14.3 Å². The molecule has 190 valence electrons. The molecule has 0 radical (unpaired) electrons. The fraction of sp³-hybridized carbons (Fsp3) is 0.379. The van der Waals surface area contributed by atoms with Crippen LogP contribution in [0, 0.1) is 0 Å². The van der Waals surface area contributed by atoms with Gasteiger partial charge in [0.05, 0.1) is 12.6 Å². The van der Waals surface area contributed by atoms with Crippen LogP contribution in [0.15, 0.2) is 66.9 Å². The summed E-state index contributed by atoms with van der Waals surface area (Å²) in [7, 11) is 1.59. The van der Waals surface area contributed by atoms with Gasteiger partial charge in [0.2, 0.25) is 5.91 Å². The van der Waals surface area contributed by atoms with Crippen LogP contribution in [0.25, 0.3) is 0 Å². The van der Waals surface area contributed by atoms with Crippen LogP contribution in [0.1, 0.15) is 54.0 Å². The lowest BCUT2D eigenvalue weighted by Gasteiger charge is -2.38. The molecule has 0 aliphatic carbocycles. The number of fused-ring (bicyclic) bond motifs is 1. The molecule has 7 heteroatoms. The Labute approximate surface area is 218 Å². The molecule has 0 fully saturated rings. The van der Waals surface area contributed by atoms with Crippen molar-refractivity contribution in [3.8, 4) is 0 Å². The molecule has 0 spiro atoms. The van der Waals surface area contributed by atoms with Crippen LogP contribution in [0.5, 0.6) is 0 Å². The number of rotatable bonds is 7. The number of ether oxygens (including phenoxy) is 1. The first-order valence-corrected chi connectivity index (χ1v) is 12.7. The van der Waals surface area contributed by atoms with Gasteiger partial charge in [0.25, 0.3) is 5.91 Å². The average molecular weight is 508 g/mol. The van der Waals surface area contributed by atoms with Gasteiger partial charge in [-0.2, -0.15) is 0 Å². The van der Waals surface area contributed by atoms with Crippen molar-refractivity contribution in [3.05, 3.63) is 94.3 Å². The van der Waals surface area contributed by atoms with Crippen molar-refractivity contribution in [2.24, 2.45) is 0 Å². The lowest BCUT2D eigenvalue weighted by molar-refractivity contribution is -0.134. The SMILES string of the molecule is COCCN(CC(=O)N1CCn2cccc2[C@H]1c1ccc(C(C)(C)C)cc1)C(=O)c1ccc(Cl)cc1. The third-order valence-corrected chi connectivity index (χ3v) is 6.97. The first-order chi connectivity index (χ1) is 17.2. The number of benzene rings is 2. The summed E-state index contributed by atoms with van der Waals surface area (Å²) >= 11 is 6.00. The predicted molar refractivity (Wildman–Crippen MR) is 142 cm³/mol. The fourth-order valence-corrected chi connectivity index (χ4v) is 4.78. The quantitative estimate of drug-likeness (QED) is 0.444. The summed E-state index contributed by atoms with van der Waals surface area (Å²) < 4.78 is 7.43. The van der Waals surface area contributed by atoms with E-state index < -0.39 is 0 Å². The molecule has 0 saturated carbocycles. The minimum atomic E-state index is -0.219. The van der Waals surface area contributed by atoms with Crippen molar-refractivity contribution in [1.82, 2.24) is 14.4 Å². The fourth-order valence-electron chi connectivity index (χ4n) is 4.65. The van der Waals surface area contributed by atoms with Gasteiger partial charge in [-0.1, -0.05) is 56.6 Å². The van der Waals surface area contributed by atoms with E-state index >= 15 is 0 Å². The number of aromatic nitrogens is 1. The minimum Gasteiger partial charge on any atom is -0.383 e. The Kier molecular flexibility index (Phi) is 7.86. The standard InChI is InChI=1S/C29H34ClN3O3/c1-29(2,3)23-11-7-21(8-12-23)27-25-6-5-15-31(25)16-17-33(27)26(34)20-32(18-19-36-4)28(35)22-9-13-24(30)14-10-22/h5-15,27H,16-20H2,1-4H3/t27-/m1/s1. The number of halogens is 1. The summed E-state index contributed by atoms with van der Waals surface area (Å²) in [6.07, 6.45) is 2.06. The molecular weight excluding hydrogens is 474 g/mol. The van der Waals surface area contributed by atoms with Gasteiger partial charge in [0.15, 0.2) is 0 Å². The number of hydrogen-bond acceptors (Lipinski definition) is 3. The van der Waals surface area contributed by atoms with Gasteiger partial charge < -0.3 is 19.1 Å². The van der Waals surface area contributed by atoms with Crippen LogP contribution < -0.4 is 0 Å². The highest BCUT2D eigenvalue weighted by molar-refractivity contribution is 6.30. The Morgan fingerprint density at radius 1 is 1.03 bits per heavy atom. The monoisotopic (exact) mass is 507 g/mol.